The molecule has 0 aliphatic carbocycles. The highest BCUT2D eigenvalue weighted by Crippen LogP contribution is 2.18. The molecule has 0 saturated heterocycles. The van der Waals surface area contributed by atoms with Crippen molar-refractivity contribution in [3.63, 3.8) is 0 Å². The molecule has 1 aromatic heterocycles. The van der Waals surface area contributed by atoms with Crippen LogP contribution in [0.4, 0.5) is 11.4 Å². The molecule has 0 atom stereocenters. The number of ether oxygens (including phenoxy) is 1. The average Bonchev–Trinajstić information content (AvgIpc) is 2.55. The first-order valence-corrected chi connectivity index (χ1v) is 7.69. The second-order valence-electron chi connectivity index (χ2n) is 5.03. The number of pyridine rings is 1. The maximum absolute atomic E-state index is 11.9. The summed E-state index contributed by atoms with van der Waals surface area (Å²) in [7, 11) is 3.84. The van der Waals surface area contributed by atoms with E-state index in [2.05, 4.69) is 10.3 Å². The molecule has 0 spiro atoms. The van der Waals surface area contributed by atoms with E-state index >= 15 is 0 Å². The van der Waals surface area contributed by atoms with E-state index < -0.39 is 18.5 Å². The van der Waals surface area contributed by atoms with Gasteiger partial charge in [0.15, 0.2) is 12.3 Å². The maximum Gasteiger partial charge on any atom is 0.359 e. The van der Waals surface area contributed by atoms with Crippen molar-refractivity contribution in [2.45, 2.75) is 0 Å². The number of amides is 1. The van der Waals surface area contributed by atoms with Crippen molar-refractivity contribution in [1.82, 2.24) is 4.98 Å². The predicted molar refractivity (Wildman–Crippen MR) is 93.9 cm³/mol. The third-order valence-corrected chi connectivity index (χ3v) is 3.52. The fraction of sp³-hybridized carbons (Fsp3) is 0.188. The van der Waals surface area contributed by atoms with E-state index in [4.69, 9.17) is 27.9 Å². The summed E-state index contributed by atoms with van der Waals surface area (Å²) in [5.74, 6) is -1.29. The summed E-state index contributed by atoms with van der Waals surface area (Å²) in [5, 5.41) is 2.84. The molecule has 0 unspecified atom stereocenters. The van der Waals surface area contributed by atoms with Crippen LogP contribution in [-0.4, -0.2) is 37.6 Å². The SMILES string of the molecule is CN(C)c1ccc(NC(=O)COC(=O)c2nc(Cl)ccc2Cl)cc1. The number of esters is 1. The number of nitrogens with one attached hydrogen (secondary N) is 1. The van der Waals surface area contributed by atoms with E-state index in [1.165, 1.54) is 12.1 Å². The van der Waals surface area contributed by atoms with Crippen LogP contribution >= 0.6 is 23.2 Å². The fourth-order valence-corrected chi connectivity index (χ4v) is 2.13. The number of carbonyl (C=O) groups excluding carboxylic acids is 2. The Hall–Kier alpha value is -2.31. The van der Waals surface area contributed by atoms with Gasteiger partial charge in [0.05, 0.1) is 5.02 Å². The van der Waals surface area contributed by atoms with Crippen LogP contribution in [0, 0.1) is 0 Å². The predicted octanol–water partition coefficient (Wildman–Crippen LogP) is 3.25. The molecule has 0 bridgehead atoms. The van der Waals surface area contributed by atoms with Gasteiger partial charge in [0.2, 0.25) is 0 Å². The van der Waals surface area contributed by atoms with Gasteiger partial charge in [-0.05, 0) is 36.4 Å². The molecular weight excluding hydrogens is 353 g/mol. The Balaban J connectivity index is 1.90. The third-order valence-electron chi connectivity index (χ3n) is 3.01. The molecule has 6 nitrogen and oxygen atoms in total. The molecule has 1 amide bonds. The van der Waals surface area contributed by atoms with Gasteiger partial charge in [0.1, 0.15) is 5.15 Å². The molecule has 2 rings (SSSR count). The number of rotatable bonds is 5. The molecule has 1 heterocycles. The molecule has 24 heavy (non-hydrogen) atoms. The fourth-order valence-electron chi connectivity index (χ4n) is 1.80. The van der Waals surface area contributed by atoms with Crippen LogP contribution in [0.1, 0.15) is 10.5 Å². The number of nitrogens with zero attached hydrogens (tertiary/aromatic N) is 2. The summed E-state index contributed by atoms with van der Waals surface area (Å²) in [6.45, 7) is -0.460. The zero-order valence-corrected chi connectivity index (χ0v) is 14.6. The Bertz CT molecular complexity index is 749. The smallest absolute Gasteiger partial charge is 0.359 e. The highest BCUT2D eigenvalue weighted by atomic mass is 35.5. The number of aromatic nitrogens is 1. The monoisotopic (exact) mass is 367 g/mol. The lowest BCUT2D eigenvalue weighted by atomic mass is 10.2. The Morgan fingerprint density at radius 2 is 1.79 bits per heavy atom. The molecule has 0 aliphatic rings. The van der Waals surface area contributed by atoms with E-state index in [0.717, 1.165) is 5.69 Å². The first kappa shape index (κ1) is 18.0. The lowest BCUT2D eigenvalue weighted by molar-refractivity contribution is -0.119. The summed E-state index contributed by atoms with van der Waals surface area (Å²) in [6.07, 6.45) is 0. The van der Waals surface area contributed by atoms with Gasteiger partial charge in [-0.3, -0.25) is 4.79 Å². The molecule has 0 fully saturated rings. The van der Waals surface area contributed by atoms with Crippen molar-refractivity contribution >= 4 is 46.5 Å². The normalized spacial score (nSPS) is 10.2. The minimum absolute atomic E-state index is 0.101. The molecule has 0 radical (unpaired) electrons. The van der Waals surface area contributed by atoms with Crippen molar-refractivity contribution in [2.24, 2.45) is 0 Å². The number of benzene rings is 1. The molecule has 0 aliphatic heterocycles. The van der Waals surface area contributed by atoms with Crippen LogP contribution < -0.4 is 10.2 Å². The minimum Gasteiger partial charge on any atom is -0.451 e. The quantitative estimate of drug-likeness (QED) is 0.648. The Morgan fingerprint density at radius 3 is 2.42 bits per heavy atom. The first-order valence-electron chi connectivity index (χ1n) is 6.93. The molecule has 126 valence electrons. The van der Waals surface area contributed by atoms with Gasteiger partial charge in [-0.2, -0.15) is 0 Å². The topological polar surface area (TPSA) is 71.5 Å². The number of carbonyl (C=O) groups is 2. The maximum atomic E-state index is 11.9. The van der Waals surface area contributed by atoms with Gasteiger partial charge in [-0.15, -0.1) is 0 Å². The molecule has 2 aromatic rings. The van der Waals surface area contributed by atoms with E-state index in [1.807, 2.05) is 31.1 Å². The van der Waals surface area contributed by atoms with E-state index in [1.54, 1.807) is 12.1 Å². The summed E-state index contributed by atoms with van der Waals surface area (Å²) in [6, 6.07) is 10.1. The minimum atomic E-state index is -0.819. The van der Waals surface area contributed by atoms with Crippen molar-refractivity contribution < 1.29 is 14.3 Å². The molecule has 1 N–H and O–H groups in total. The van der Waals surface area contributed by atoms with Crippen LogP contribution in [0.15, 0.2) is 36.4 Å². The molecular formula is C16H15Cl2N3O3. The Labute approximate surface area is 149 Å². The molecule has 8 heteroatoms. The standard InChI is InChI=1S/C16H15Cl2N3O3/c1-21(2)11-5-3-10(4-6-11)19-14(22)9-24-16(23)15-12(17)7-8-13(18)20-15/h3-8H,9H2,1-2H3,(H,19,22). The van der Waals surface area contributed by atoms with Crippen LogP contribution in [0.25, 0.3) is 0 Å². The van der Waals surface area contributed by atoms with Crippen LogP contribution in [0.5, 0.6) is 0 Å². The molecule has 1 aromatic carbocycles. The Morgan fingerprint density at radius 1 is 1.12 bits per heavy atom. The Kier molecular flexibility index (Phi) is 6.00. The third kappa shape index (κ3) is 4.84. The van der Waals surface area contributed by atoms with Crippen LogP contribution in [0.3, 0.4) is 0 Å². The second-order valence-corrected chi connectivity index (χ2v) is 5.82. The van der Waals surface area contributed by atoms with Crippen molar-refractivity contribution in [2.75, 3.05) is 30.9 Å². The van der Waals surface area contributed by atoms with E-state index in [-0.39, 0.29) is 15.9 Å². The molecule has 0 saturated carbocycles. The first-order chi connectivity index (χ1) is 11.4. The zero-order chi connectivity index (χ0) is 17.7. The van der Waals surface area contributed by atoms with Crippen LogP contribution in [-0.2, 0) is 9.53 Å². The highest BCUT2D eigenvalue weighted by molar-refractivity contribution is 6.34. The lowest BCUT2D eigenvalue weighted by Crippen LogP contribution is -2.21. The largest absolute Gasteiger partial charge is 0.451 e. The van der Waals surface area contributed by atoms with Gasteiger partial charge in [0, 0.05) is 25.5 Å². The lowest BCUT2D eigenvalue weighted by Gasteiger charge is -2.13. The van der Waals surface area contributed by atoms with Gasteiger partial charge < -0.3 is 15.0 Å². The van der Waals surface area contributed by atoms with Gasteiger partial charge >= 0.3 is 5.97 Å². The average molecular weight is 368 g/mol. The number of hydrogen-bond donors (Lipinski definition) is 1. The summed E-state index contributed by atoms with van der Waals surface area (Å²) in [5.41, 5.74) is 1.47. The number of halogens is 2. The van der Waals surface area contributed by atoms with E-state index in [9.17, 15) is 9.59 Å². The highest BCUT2D eigenvalue weighted by Gasteiger charge is 2.16. The van der Waals surface area contributed by atoms with Crippen molar-refractivity contribution in [3.05, 3.63) is 52.3 Å². The summed E-state index contributed by atoms with van der Waals surface area (Å²) in [4.78, 5) is 29.4. The zero-order valence-electron chi connectivity index (χ0n) is 13.0. The number of anilines is 2. The van der Waals surface area contributed by atoms with E-state index in [0.29, 0.717) is 5.69 Å². The second kappa shape index (κ2) is 7.99. The van der Waals surface area contributed by atoms with Crippen LogP contribution in [0.2, 0.25) is 10.2 Å². The summed E-state index contributed by atoms with van der Waals surface area (Å²) < 4.78 is 4.90. The van der Waals surface area contributed by atoms with Gasteiger partial charge in [-0.25, -0.2) is 9.78 Å². The van der Waals surface area contributed by atoms with Gasteiger partial charge in [-0.1, -0.05) is 23.2 Å². The summed E-state index contributed by atoms with van der Waals surface area (Å²) >= 11 is 11.6. The number of hydrogen-bond acceptors (Lipinski definition) is 5. The van der Waals surface area contributed by atoms with Gasteiger partial charge in [0.25, 0.3) is 5.91 Å². The van der Waals surface area contributed by atoms with Crippen molar-refractivity contribution in [3.8, 4) is 0 Å². The van der Waals surface area contributed by atoms with Crippen molar-refractivity contribution in [1.29, 1.82) is 0 Å².